The van der Waals surface area contributed by atoms with Crippen LogP contribution in [0.25, 0.3) is 22.2 Å². The van der Waals surface area contributed by atoms with Crippen molar-refractivity contribution in [2.45, 2.75) is 32.2 Å². The summed E-state index contributed by atoms with van der Waals surface area (Å²) in [5.74, 6) is 3.74. The lowest BCUT2D eigenvalue weighted by molar-refractivity contribution is 0.420. The van der Waals surface area contributed by atoms with Crippen LogP contribution >= 0.6 is 0 Å². The maximum Gasteiger partial charge on any atom is 0.227 e. The maximum absolute atomic E-state index is 6.01. The predicted octanol–water partition coefficient (Wildman–Crippen LogP) is 4.33. The van der Waals surface area contributed by atoms with Gasteiger partial charge in [-0.1, -0.05) is 24.3 Å². The van der Waals surface area contributed by atoms with Gasteiger partial charge in [0.2, 0.25) is 5.89 Å². The smallest absolute Gasteiger partial charge is 0.227 e. The number of hydrogen-bond donors (Lipinski definition) is 0. The zero-order chi connectivity index (χ0) is 18.4. The highest BCUT2D eigenvalue weighted by atomic mass is 16.5. The number of oxazole rings is 1. The highest BCUT2D eigenvalue weighted by Gasteiger charge is 2.27. The van der Waals surface area contributed by atoms with Gasteiger partial charge in [-0.15, -0.1) is 0 Å². The first-order valence-corrected chi connectivity index (χ1v) is 9.14. The minimum atomic E-state index is 0.547. The number of methoxy groups -OCH3 is 1. The molecule has 1 aliphatic rings. The molecule has 0 atom stereocenters. The first-order chi connectivity index (χ1) is 13.2. The van der Waals surface area contributed by atoms with Crippen LogP contribution in [-0.4, -0.2) is 26.9 Å². The summed E-state index contributed by atoms with van der Waals surface area (Å²) in [7, 11) is 1.68. The molecular weight excluding hydrogens is 340 g/mol. The Labute approximate surface area is 156 Å². The van der Waals surface area contributed by atoms with Crippen molar-refractivity contribution in [3.8, 4) is 17.2 Å². The molecule has 0 amide bonds. The third kappa shape index (κ3) is 2.87. The van der Waals surface area contributed by atoms with E-state index < -0.39 is 0 Å². The van der Waals surface area contributed by atoms with Crippen LogP contribution in [0.1, 0.15) is 36.0 Å². The molecule has 2 aromatic heterocycles. The number of hydrogen-bond acceptors (Lipinski definition) is 5. The van der Waals surface area contributed by atoms with E-state index in [0.29, 0.717) is 18.4 Å². The number of fused-ring (bicyclic) bond motifs is 1. The summed E-state index contributed by atoms with van der Waals surface area (Å²) in [5.41, 5.74) is 1.83. The quantitative estimate of drug-likeness (QED) is 0.530. The molecule has 0 bridgehead atoms. The third-order valence-corrected chi connectivity index (χ3v) is 5.04. The maximum atomic E-state index is 6.01. The standard InChI is InChI=1S/C21H20N4O2/c1-13-18(11-25-12-22-20(24-25)14-7-8-14)23-21(27-13)17-9-10-19(26-2)16-6-4-3-5-15(16)17/h3-6,9-10,12,14H,7-8,11H2,1-2H3. The number of rotatable bonds is 5. The van der Waals surface area contributed by atoms with Crippen LogP contribution in [0.2, 0.25) is 0 Å². The molecular formula is C21H20N4O2. The summed E-state index contributed by atoms with van der Waals surface area (Å²) in [6, 6.07) is 12.1. The van der Waals surface area contributed by atoms with Gasteiger partial charge in [0.15, 0.2) is 5.82 Å². The molecule has 0 saturated heterocycles. The first kappa shape index (κ1) is 16.1. The van der Waals surface area contributed by atoms with Gasteiger partial charge in [-0.25, -0.2) is 14.6 Å². The van der Waals surface area contributed by atoms with Crippen LogP contribution in [0.3, 0.4) is 0 Å². The number of ether oxygens (including phenoxy) is 1. The van der Waals surface area contributed by atoms with Crippen molar-refractivity contribution in [3.63, 3.8) is 0 Å². The summed E-state index contributed by atoms with van der Waals surface area (Å²) in [5, 5.41) is 6.67. The van der Waals surface area contributed by atoms with Gasteiger partial charge in [-0.05, 0) is 37.3 Å². The average molecular weight is 360 g/mol. The van der Waals surface area contributed by atoms with Crippen LogP contribution in [0.5, 0.6) is 5.75 Å². The molecule has 6 nitrogen and oxygen atoms in total. The Hall–Kier alpha value is -3.15. The van der Waals surface area contributed by atoms with E-state index in [4.69, 9.17) is 14.1 Å². The lowest BCUT2D eigenvalue weighted by Crippen LogP contribution is -2.02. The Morgan fingerprint density at radius 3 is 2.74 bits per heavy atom. The number of benzene rings is 2. The van der Waals surface area contributed by atoms with Crippen molar-refractivity contribution >= 4 is 10.8 Å². The van der Waals surface area contributed by atoms with Crippen molar-refractivity contribution in [2.24, 2.45) is 0 Å². The SMILES string of the molecule is COc1ccc(-c2nc(Cn3cnc(C4CC4)n3)c(C)o2)c2ccccc12. The molecule has 1 fully saturated rings. The molecule has 27 heavy (non-hydrogen) atoms. The van der Waals surface area contributed by atoms with E-state index in [-0.39, 0.29) is 0 Å². The molecule has 0 N–H and O–H groups in total. The summed E-state index contributed by atoms with van der Waals surface area (Å²) < 4.78 is 13.3. The molecule has 0 spiro atoms. The summed E-state index contributed by atoms with van der Waals surface area (Å²) in [6.45, 7) is 2.50. The van der Waals surface area contributed by atoms with Gasteiger partial charge >= 0.3 is 0 Å². The van der Waals surface area contributed by atoms with Crippen LogP contribution in [0.15, 0.2) is 47.1 Å². The van der Waals surface area contributed by atoms with Gasteiger partial charge in [0.1, 0.15) is 23.5 Å². The molecule has 136 valence electrons. The fraction of sp³-hybridized carbons (Fsp3) is 0.286. The molecule has 1 aliphatic carbocycles. The normalized spacial score (nSPS) is 14.0. The molecule has 0 radical (unpaired) electrons. The Kier molecular flexibility index (Phi) is 3.70. The second-order valence-corrected chi connectivity index (χ2v) is 6.96. The summed E-state index contributed by atoms with van der Waals surface area (Å²) in [4.78, 5) is 9.16. The van der Waals surface area contributed by atoms with E-state index in [9.17, 15) is 0 Å². The monoisotopic (exact) mass is 360 g/mol. The van der Waals surface area contributed by atoms with E-state index in [1.165, 1.54) is 12.8 Å². The number of aromatic nitrogens is 4. The van der Waals surface area contributed by atoms with Gasteiger partial charge in [0.25, 0.3) is 0 Å². The van der Waals surface area contributed by atoms with Crippen molar-refractivity contribution in [1.82, 2.24) is 19.7 Å². The Morgan fingerprint density at radius 1 is 1.15 bits per heavy atom. The van der Waals surface area contributed by atoms with E-state index >= 15 is 0 Å². The molecule has 0 unspecified atom stereocenters. The summed E-state index contributed by atoms with van der Waals surface area (Å²) >= 11 is 0. The van der Waals surface area contributed by atoms with Gasteiger partial charge in [0.05, 0.1) is 13.7 Å². The van der Waals surface area contributed by atoms with Crippen molar-refractivity contribution in [2.75, 3.05) is 7.11 Å². The van der Waals surface area contributed by atoms with Crippen LogP contribution < -0.4 is 4.74 Å². The van der Waals surface area contributed by atoms with Crippen molar-refractivity contribution in [3.05, 3.63) is 60.0 Å². The zero-order valence-corrected chi connectivity index (χ0v) is 15.3. The largest absolute Gasteiger partial charge is 0.496 e. The number of nitrogens with zero attached hydrogens (tertiary/aromatic N) is 4. The van der Waals surface area contributed by atoms with E-state index in [2.05, 4.69) is 16.1 Å². The van der Waals surface area contributed by atoms with Crippen molar-refractivity contribution < 1.29 is 9.15 Å². The minimum Gasteiger partial charge on any atom is -0.496 e. The van der Waals surface area contributed by atoms with E-state index in [1.807, 2.05) is 41.9 Å². The highest BCUT2D eigenvalue weighted by Crippen LogP contribution is 2.38. The van der Waals surface area contributed by atoms with E-state index in [1.54, 1.807) is 13.4 Å². The zero-order valence-electron chi connectivity index (χ0n) is 15.3. The Morgan fingerprint density at radius 2 is 1.96 bits per heavy atom. The van der Waals surface area contributed by atoms with Gasteiger partial charge in [-0.2, -0.15) is 5.10 Å². The first-order valence-electron chi connectivity index (χ1n) is 9.14. The Bertz CT molecular complexity index is 1120. The van der Waals surface area contributed by atoms with Crippen LogP contribution in [0.4, 0.5) is 0 Å². The molecule has 4 aromatic rings. The van der Waals surface area contributed by atoms with Gasteiger partial charge in [-0.3, -0.25) is 0 Å². The second kappa shape index (κ2) is 6.23. The molecule has 0 aliphatic heterocycles. The van der Waals surface area contributed by atoms with E-state index in [0.717, 1.165) is 39.4 Å². The van der Waals surface area contributed by atoms with Crippen LogP contribution in [-0.2, 0) is 6.54 Å². The van der Waals surface area contributed by atoms with Gasteiger partial charge in [0, 0.05) is 16.9 Å². The fourth-order valence-electron chi connectivity index (χ4n) is 3.39. The summed E-state index contributed by atoms with van der Waals surface area (Å²) in [6.07, 6.45) is 4.17. The van der Waals surface area contributed by atoms with Crippen LogP contribution in [0, 0.1) is 6.92 Å². The highest BCUT2D eigenvalue weighted by molar-refractivity contribution is 5.98. The molecule has 2 heterocycles. The fourth-order valence-corrected chi connectivity index (χ4v) is 3.39. The second-order valence-electron chi connectivity index (χ2n) is 6.96. The lowest BCUT2D eigenvalue weighted by atomic mass is 10.0. The van der Waals surface area contributed by atoms with Gasteiger partial charge < -0.3 is 9.15 Å². The molecule has 5 rings (SSSR count). The minimum absolute atomic E-state index is 0.547. The topological polar surface area (TPSA) is 66.0 Å². The molecule has 2 aromatic carbocycles. The van der Waals surface area contributed by atoms with Crippen molar-refractivity contribution in [1.29, 1.82) is 0 Å². The predicted molar refractivity (Wildman–Crippen MR) is 102 cm³/mol. The molecule has 6 heteroatoms. The average Bonchev–Trinajstić information content (AvgIpc) is 3.34. The lowest BCUT2D eigenvalue weighted by Gasteiger charge is -2.08. The third-order valence-electron chi connectivity index (χ3n) is 5.04. The number of aryl methyl sites for hydroxylation is 1. The Balaban J connectivity index is 1.51. The molecule has 1 saturated carbocycles.